The van der Waals surface area contributed by atoms with Gasteiger partial charge < -0.3 is 37.9 Å². The third kappa shape index (κ3) is 7.98. The molecule has 3 aromatic carbocycles. The normalized spacial score (nSPS) is 14.7. The highest BCUT2D eigenvalue weighted by molar-refractivity contribution is 7.07. The fourth-order valence-electron chi connectivity index (χ4n) is 5.80. The van der Waals surface area contributed by atoms with Crippen LogP contribution in [0.1, 0.15) is 50.4 Å². The maximum atomic E-state index is 14.3. The van der Waals surface area contributed by atoms with Gasteiger partial charge in [0.15, 0.2) is 45.9 Å². The number of allylic oxidation sites excluding steroid dienone is 1. The minimum atomic E-state index is -0.921. The van der Waals surface area contributed by atoms with Gasteiger partial charge in [0.05, 0.1) is 53.8 Å². The van der Waals surface area contributed by atoms with Crippen LogP contribution in [0.3, 0.4) is 0 Å². The van der Waals surface area contributed by atoms with Crippen molar-refractivity contribution in [1.82, 2.24) is 4.57 Å². The number of hydrogen-bond acceptors (Lipinski definition) is 13. The van der Waals surface area contributed by atoms with Gasteiger partial charge in [-0.2, -0.15) is 0 Å². The summed E-state index contributed by atoms with van der Waals surface area (Å²) < 4.78 is 46.3. The predicted octanol–water partition coefficient (Wildman–Crippen LogP) is 5.11. The first kappa shape index (κ1) is 37.3. The van der Waals surface area contributed by atoms with E-state index < -0.39 is 23.5 Å². The summed E-state index contributed by atoms with van der Waals surface area (Å²) in [6, 6.07) is 13.0. The molecule has 2 aliphatic rings. The number of benzene rings is 3. The van der Waals surface area contributed by atoms with E-state index in [4.69, 9.17) is 49.5 Å². The van der Waals surface area contributed by atoms with Crippen LogP contribution in [0, 0.1) is 0 Å². The lowest BCUT2D eigenvalue weighted by atomic mass is 9.95. The van der Waals surface area contributed by atoms with Gasteiger partial charge in [-0.05, 0) is 86.9 Å². The topological polar surface area (TPSA) is 142 Å². The number of esters is 2. The minimum absolute atomic E-state index is 0.122. The van der Waals surface area contributed by atoms with Gasteiger partial charge >= 0.3 is 11.9 Å². The zero-order chi connectivity index (χ0) is 37.6. The largest absolute Gasteiger partial charge is 0.490 e. The summed E-state index contributed by atoms with van der Waals surface area (Å²) in [4.78, 5) is 44.6. The monoisotopic (exact) mass is 764 g/mol. The van der Waals surface area contributed by atoms with Crippen LogP contribution in [0.2, 0.25) is 5.02 Å². The Morgan fingerprint density at radius 3 is 2.47 bits per heavy atom. The molecule has 2 aliphatic heterocycles. The lowest BCUT2D eigenvalue weighted by Gasteiger charge is -2.25. The first-order chi connectivity index (χ1) is 25.6. The molecule has 4 aromatic rings. The molecule has 13 nitrogen and oxygen atoms in total. The summed E-state index contributed by atoms with van der Waals surface area (Å²) in [5.74, 6) is 1.49. The molecule has 0 amide bonds. The number of thiazole rings is 1. The number of carbonyl (C=O) groups is 2. The molecule has 0 radical (unpaired) electrons. The van der Waals surface area contributed by atoms with Crippen molar-refractivity contribution in [3.8, 4) is 34.5 Å². The maximum Gasteiger partial charge on any atom is 0.343 e. The van der Waals surface area contributed by atoms with E-state index >= 15 is 0 Å². The van der Waals surface area contributed by atoms with E-state index in [2.05, 4.69) is 4.99 Å². The van der Waals surface area contributed by atoms with E-state index in [1.807, 2.05) is 25.1 Å². The van der Waals surface area contributed by atoms with Crippen molar-refractivity contribution in [3.05, 3.63) is 101 Å². The first-order valence-corrected chi connectivity index (χ1v) is 18.0. The number of fused-ring (bicyclic) bond motifs is 2. The molecule has 0 fully saturated rings. The molecular weight excluding hydrogens is 728 g/mol. The Balaban J connectivity index is 1.39. The van der Waals surface area contributed by atoms with Gasteiger partial charge in [0, 0.05) is 0 Å². The predicted molar refractivity (Wildman–Crippen MR) is 195 cm³/mol. The molecular formula is C38H37ClN2O11S. The minimum Gasteiger partial charge on any atom is -0.490 e. The number of ether oxygens (including phenoxy) is 8. The smallest absolute Gasteiger partial charge is 0.343 e. The summed E-state index contributed by atoms with van der Waals surface area (Å²) in [5.41, 5.74) is 2.17. The van der Waals surface area contributed by atoms with E-state index in [9.17, 15) is 14.4 Å². The second-order valence-electron chi connectivity index (χ2n) is 11.5. The third-order valence-electron chi connectivity index (χ3n) is 8.12. The number of nitrogens with zero attached hydrogens (tertiary/aromatic N) is 2. The molecule has 53 heavy (non-hydrogen) atoms. The molecule has 0 saturated carbocycles. The van der Waals surface area contributed by atoms with Crippen LogP contribution in [-0.2, 0) is 25.7 Å². The van der Waals surface area contributed by atoms with E-state index in [-0.39, 0.29) is 49.6 Å². The molecule has 1 aromatic heterocycles. The molecule has 1 atom stereocenters. The number of aromatic nitrogens is 1. The highest BCUT2D eigenvalue weighted by Gasteiger charge is 2.34. The molecule has 0 N–H and O–H groups in total. The second kappa shape index (κ2) is 16.5. The summed E-state index contributed by atoms with van der Waals surface area (Å²) in [7, 11) is 1.26. The lowest BCUT2D eigenvalue weighted by molar-refractivity contribution is -0.143. The SMILES string of the molecule is CCOC(=O)C1=C(C)N=c2s/c(=C\c3cc(Cl)c(OCc4ccc5c(c4)OCO5)c(OCC)c3)c(=O)n2[C@@H]1c1ccc(OCC(=O)OC)c(OCC)c1. The molecule has 0 bridgehead atoms. The van der Waals surface area contributed by atoms with Gasteiger partial charge in [-0.1, -0.05) is 35.1 Å². The molecule has 6 rings (SSSR count). The van der Waals surface area contributed by atoms with Crippen LogP contribution in [0.15, 0.2) is 69.6 Å². The Morgan fingerprint density at radius 1 is 0.943 bits per heavy atom. The zero-order valence-corrected chi connectivity index (χ0v) is 31.3. The summed E-state index contributed by atoms with van der Waals surface area (Å²) in [6.45, 7) is 7.83. The molecule has 278 valence electrons. The van der Waals surface area contributed by atoms with Gasteiger partial charge in [0.1, 0.15) is 6.61 Å². The summed E-state index contributed by atoms with van der Waals surface area (Å²) >= 11 is 7.93. The van der Waals surface area contributed by atoms with Crippen molar-refractivity contribution in [2.75, 3.05) is 40.3 Å². The molecule has 0 aliphatic carbocycles. The van der Waals surface area contributed by atoms with E-state index in [1.165, 1.54) is 11.7 Å². The Kier molecular flexibility index (Phi) is 11.6. The Labute approximate surface area is 313 Å². The molecule has 3 heterocycles. The van der Waals surface area contributed by atoms with Crippen LogP contribution in [0.4, 0.5) is 0 Å². The van der Waals surface area contributed by atoms with Crippen molar-refractivity contribution in [2.45, 2.75) is 40.3 Å². The van der Waals surface area contributed by atoms with Crippen LogP contribution in [0.25, 0.3) is 6.08 Å². The Bertz CT molecular complexity index is 2260. The summed E-state index contributed by atoms with van der Waals surface area (Å²) in [5, 5.41) is 0.284. The van der Waals surface area contributed by atoms with E-state index in [1.54, 1.807) is 57.2 Å². The van der Waals surface area contributed by atoms with Crippen LogP contribution >= 0.6 is 22.9 Å². The number of rotatable bonds is 14. The fraction of sp³-hybridized carbons (Fsp3) is 0.316. The summed E-state index contributed by atoms with van der Waals surface area (Å²) in [6.07, 6.45) is 1.69. The average Bonchev–Trinajstić information content (AvgIpc) is 3.73. The second-order valence-corrected chi connectivity index (χ2v) is 13.0. The molecule has 15 heteroatoms. The fourth-order valence-corrected chi connectivity index (χ4v) is 7.12. The number of carbonyl (C=O) groups excluding carboxylic acids is 2. The van der Waals surface area contributed by atoms with Crippen molar-refractivity contribution in [3.63, 3.8) is 0 Å². The van der Waals surface area contributed by atoms with Gasteiger partial charge in [-0.25, -0.2) is 14.6 Å². The number of hydrogen-bond donors (Lipinski definition) is 0. The maximum absolute atomic E-state index is 14.3. The Morgan fingerprint density at radius 2 is 1.72 bits per heavy atom. The van der Waals surface area contributed by atoms with Crippen LogP contribution < -0.4 is 43.3 Å². The highest BCUT2D eigenvalue weighted by Crippen LogP contribution is 2.39. The van der Waals surface area contributed by atoms with Gasteiger partial charge in [0.25, 0.3) is 5.56 Å². The van der Waals surface area contributed by atoms with Crippen molar-refractivity contribution in [2.24, 2.45) is 4.99 Å². The molecule has 0 spiro atoms. The van der Waals surface area contributed by atoms with Crippen molar-refractivity contribution < 1.29 is 47.5 Å². The van der Waals surface area contributed by atoms with E-state index in [0.717, 1.165) is 16.9 Å². The zero-order valence-electron chi connectivity index (χ0n) is 29.7. The number of halogens is 1. The average molecular weight is 765 g/mol. The van der Waals surface area contributed by atoms with Crippen molar-refractivity contribution in [1.29, 1.82) is 0 Å². The van der Waals surface area contributed by atoms with Gasteiger partial charge in [-0.3, -0.25) is 9.36 Å². The van der Waals surface area contributed by atoms with Crippen LogP contribution in [-0.4, -0.2) is 56.8 Å². The third-order valence-corrected chi connectivity index (χ3v) is 9.39. The quantitative estimate of drug-likeness (QED) is 0.158. The van der Waals surface area contributed by atoms with Crippen molar-refractivity contribution >= 4 is 41.0 Å². The Hall–Kier alpha value is -5.47. The van der Waals surface area contributed by atoms with Crippen LogP contribution in [0.5, 0.6) is 34.5 Å². The highest BCUT2D eigenvalue weighted by atomic mass is 35.5. The molecule has 0 unspecified atom stereocenters. The van der Waals surface area contributed by atoms with E-state index in [0.29, 0.717) is 61.5 Å². The van der Waals surface area contributed by atoms with Gasteiger partial charge in [-0.15, -0.1) is 0 Å². The van der Waals surface area contributed by atoms with Gasteiger partial charge in [0.2, 0.25) is 6.79 Å². The standard InChI is InChI=1S/C38H37ClN2O11S/c1-6-46-29-17-24(10-12-26(29)49-19-32(42)45-5)34-33(37(44)48-8-3)21(4)40-38-41(34)36(43)31(53-38)16-23-13-25(39)35(30(15-23)47-7-2)50-18-22-9-11-27-28(14-22)52-20-51-27/h9-17,34H,6-8,18-20H2,1-5H3/b31-16-/t34-/m1/s1. The number of methoxy groups -OCH3 is 1. The molecule has 0 saturated heterocycles. The first-order valence-electron chi connectivity index (χ1n) is 16.8. The lowest BCUT2D eigenvalue weighted by Crippen LogP contribution is -2.40.